The Morgan fingerprint density at radius 1 is 0.941 bits per heavy atom. The van der Waals surface area contributed by atoms with Crippen molar-refractivity contribution in [1.29, 1.82) is 0 Å². The second-order valence-electron chi connectivity index (χ2n) is 8.53. The minimum atomic E-state index is -0.0529. The van der Waals surface area contributed by atoms with Crippen molar-refractivity contribution in [3.63, 3.8) is 0 Å². The van der Waals surface area contributed by atoms with Crippen LogP contribution in [0.25, 0.3) is 16.9 Å². The molecule has 3 aromatic carbocycles. The number of aryl methyl sites for hydroxylation is 1. The van der Waals surface area contributed by atoms with Crippen LogP contribution in [-0.4, -0.2) is 23.1 Å². The molecule has 0 aliphatic heterocycles. The lowest BCUT2D eigenvalue weighted by Crippen LogP contribution is -2.33. The van der Waals surface area contributed by atoms with Crippen LogP contribution in [0.5, 0.6) is 5.75 Å². The van der Waals surface area contributed by atoms with Gasteiger partial charge in [0, 0.05) is 11.7 Å². The fraction of sp³-hybridized carbons (Fsp3) is 0.233. The van der Waals surface area contributed by atoms with Crippen LogP contribution in [-0.2, 0) is 6.42 Å². The van der Waals surface area contributed by atoms with Crippen LogP contribution in [0.15, 0.2) is 91.0 Å². The molecule has 0 radical (unpaired) electrons. The van der Waals surface area contributed by atoms with Gasteiger partial charge in [0.1, 0.15) is 5.75 Å². The number of rotatable bonds is 9. The average molecular weight is 453 g/mol. The van der Waals surface area contributed by atoms with E-state index in [1.54, 1.807) is 0 Å². The highest BCUT2D eigenvalue weighted by molar-refractivity contribution is 5.97. The number of amides is 1. The van der Waals surface area contributed by atoms with Crippen molar-refractivity contribution in [3.05, 3.63) is 108 Å². The Balaban J connectivity index is 1.65. The molecule has 4 rings (SSSR count). The van der Waals surface area contributed by atoms with E-state index in [1.165, 1.54) is 5.56 Å². The molecule has 0 aliphatic rings. The fourth-order valence-electron chi connectivity index (χ4n) is 4.29. The van der Waals surface area contributed by atoms with Gasteiger partial charge >= 0.3 is 0 Å². The van der Waals surface area contributed by atoms with Crippen molar-refractivity contribution < 1.29 is 9.53 Å². The number of nitrogens with one attached hydrogen (secondary N) is 1. The number of hydrogen-bond acceptors (Lipinski definition) is 2. The van der Waals surface area contributed by atoms with E-state index in [1.807, 2.05) is 68.4 Å². The molecule has 1 unspecified atom stereocenters. The summed E-state index contributed by atoms with van der Waals surface area (Å²) < 4.78 is 8.05. The summed E-state index contributed by atoms with van der Waals surface area (Å²) in [5.74, 6) is 0.743. The third-order valence-electron chi connectivity index (χ3n) is 6.05. The minimum Gasteiger partial charge on any atom is -0.492 e. The Morgan fingerprint density at radius 3 is 2.29 bits per heavy atom. The van der Waals surface area contributed by atoms with Gasteiger partial charge in [-0.15, -0.1) is 0 Å². The number of ether oxygens (including phenoxy) is 1. The average Bonchev–Trinajstić information content (AvgIpc) is 3.21. The van der Waals surface area contributed by atoms with Gasteiger partial charge in [0.15, 0.2) is 0 Å². The Hall–Kier alpha value is -3.79. The monoisotopic (exact) mass is 452 g/mol. The van der Waals surface area contributed by atoms with Gasteiger partial charge in [0.05, 0.1) is 23.6 Å². The molecule has 4 nitrogen and oxygen atoms in total. The third kappa shape index (κ3) is 5.23. The van der Waals surface area contributed by atoms with Gasteiger partial charge < -0.3 is 14.6 Å². The summed E-state index contributed by atoms with van der Waals surface area (Å²) in [6.45, 7) is 6.62. The summed E-state index contributed by atoms with van der Waals surface area (Å²) in [6.07, 6.45) is 1.81. The lowest BCUT2D eigenvalue weighted by atomic mass is 10.1. The van der Waals surface area contributed by atoms with Gasteiger partial charge in [0.25, 0.3) is 5.91 Å². The number of nitrogens with zero attached hydrogens (tertiary/aromatic N) is 1. The molecule has 0 aliphatic carbocycles. The van der Waals surface area contributed by atoms with Gasteiger partial charge in [-0.1, -0.05) is 72.8 Å². The second kappa shape index (κ2) is 10.9. The molecule has 0 saturated heterocycles. The normalized spacial score (nSPS) is 11.7. The number of carbonyl (C=O) groups is 1. The maximum Gasteiger partial charge on any atom is 0.253 e. The molecule has 1 amide bonds. The highest BCUT2D eigenvalue weighted by atomic mass is 16.5. The summed E-state index contributed by atoms with van der Waals surface area (Å²) in [5, 5.41) is 3.21. The standard InChI is InChI=1S/C30H32N2O2/c1-4-34-29-18-12-11-17-27(29)32-23(3)26(21-28(32)25-15-9-6-10-16-25)30(33)31-22(2)19-20-24-13-7-5-8-14-24/h5-18,21-22H,4,19-20H2,1-3H3,(H,31,33). The molecule has 1 N–H and O–H groups in total. The van der Waals surface area contributed by atoms with E-state index >= 15 is 0 Å². The third-order valence-corrected chi connectivity index (χ3v) is 6.05. The molecular formula is C30H32N2O2. The molecule has 34 heavy (non-hydrogen) atoms. The van der Waals surface area contributed by atoms with Crippen molar-refractivity contribution in [3.8, 4) is 22.7 Å². The van der Waals surface area contributed by atoms with Crippen LogP contribution < -0.4 is 10.1 Å². The number of carbonyl (C=O) groups excluding carboxylic acids is 1. The predicted molar refractivity (Wildman–Crippen MR) is 139 cm³/mol. The Bertz CT molecular complexity index is 1230. The Labute approximate surface area is 202 Å². The minimum absolute atomic E-state index is 0.0529. The van der Waals surface area contributed by atoms with Gasteiger partial charge in [-0.05, 0) is 62.9 Å². The molecule has 0 spiro atoms. The highest BCUT2D eigenvalue weighted by Gasteiger charge is 2.22. The molecule has 0 bridgehead atoms. The molecule has 4 aromatic rings. The highest BCUT2D eigenvalue weighted by Crippen LogP contribution is 2.33. The van der Waals surface area contributed by atoms with Crippen LogP contribution in [0.4, 0.5) is 0 Å². The SMILES string of the molecule is CCOc1ccccc1-n1c(-c2ccccc2)cc(C(=O)NC(C)CCc2ccccc2)c1C. The van der Waals surface area contributed by atoms with E-state index < -0.39 is 0 Å². The van der Waals surface area contributed by atoms with Crippen LogP contribution in [0.3, 0.4) is 0 Å². The first-order chi connectivity index (χ1) is 16.6. The second-order valence-corrected chi connectivity index (χ2v) is 8.53. The van der Waals surface area contributed by atoms with Gasteiger partial charge in [-0.2, -0.15) is 0 Å². The lowest BCUT2D eigenvalue weighted by molar-refractivity contribution is 0.0938. The zero-order valence-electron chi connectivity index (χ0n) is 20.1. The first-order valence-electron chi connectivity index (χ1n) is 11.9. The van der Waals surface area contributed by atoms with E-state index in [9.17, 15) is 4.79 Å². The summed E-state index contributed by atoms with van der Waals surface area (Å²) >= 11 is 0. The van der Waals surface area contributed by atoms with Gasteiger partial charge in [0.2, 0.25) is 0 Å². The lowest BCUT2D eigenvalue weighted by Gasteiger charge is -2.17. The molecular weight excluding hydrogens is 420 g/mol. The summed E-state index contributed by atoms with van der Waals surface area (Å²) in [6, 6.07) is 30.6. The summed E-state index contributed by atoms with van der Waals surface area (Å²) in [5.41, 5.74) is 5.79. The van der Waals surface area contributed by atoms with E-state index in [0.29, 0.717) is 12.2 Å². The smallest absolute Gasteiger partial charge is 0.253 e. The number of benzene rings is 3. The van der Waals surface area contributed by atoms with Crippen LogP contribution in [0.1, 0.15) is 41.9 Å². The summed E-state index contributed by atoms with van der Waals surface area (Å²) in [7, 11) is 0. The van der Waals surface area contributed by atoms with Crippen LogP contribution in [0.2, 0.25) is 0 Å². The van der Waals surface area contributed by atoms with Crippen molar-refractivity contribution in [2.75, 3.05) is 6.61 Å². The first kappa shape index (κ1) is 23.4. The van der Waals surface area contributed by atoms with Crippen molar-refractivity contribution in [2.45, 2.75) is 39.7 Å². The molecule has 1 heterocycles. The predicted octanol–water partition coefficient (Wildman–Crippen LogP) is 6.60. The van der Waals surface area contributed by atoms with E-state index in [-0.39, 0.29) is 11.9 Å². The van der Waals surface area contributed by atoms with E-state index in [4.69, 9.17) is 4.74 Å². The van der Waals surface area contributed by atoms with Gasteiger partial charge in [-0.3, -0.25) is 4.79 Å². The van der Waals surface area contributed by atoms with Crippen LogP contribution >= 0.6 is 0 Å². The zero-order chi connectivity index (χ0) is 23.9. The van der Waals surface area contributed by atoms with E-state index in [0.717, 1.165) is 41.2 Å². The first-order valence-corrected chi connectivity index (χ1v) is 11.9. The van der Waals surface area contributed by atoms with E-state index in [2.05, 4.69) is 53.2 Å². The molecule has 1 atom stereocenters. The molecule has 1 aromatic heterocycles. The number of aromatic nitrogens is 1. The van der Waals surface area contributed by atoms with Crippen molar-refractivity contribution in [2.24, 2.45) is 0 Å². The largest absolute Gasteiger partial charge is 0.492 e. The van der Waals surface area contributed by atoms with Crippen molar-refractivity contribution >= 4 is 5.91 Å². The molecule has 0 fully saturated rings. The maximum atomic E-state index is 13.4. The van der Waals surface area contributed by atoms with Gasteiger partial charge in [-0.25, -0.2) is 0 Å². The Morgan fingerprint density at radius 2 is 1.59 bits per heavy atom. The number of hydrogen-bond donors (Lipinski definition) is 1. The number of para-hydroxylation sites is 2. The summed E-state index contributed by atoms with van der Waals surface area (Å²) in [4.78, 5) is 13.4. The Kier molecular flexibility index (Phi) is 7.48. The molecule has 174 valence electrons. The molecule has 0 saturated carbocycles. The fourth-order valence-corrected chi connectivity index (χ4v) is 4.29. The zero-order valence-corrected chi connectivity index (χ0v) is 20.1. The molecule has 4 heteroatoms. The van der Waals surface area contributed by atoms with Crippen LogP contribution in [0, 0.1) is 6.92 Å². The van der Waals surface area contributed by atoms with Crippen molar-refractivity contribution in [1.82, 2.24) is 9.88 Å². The topological polar surface area (TPSA) is 43.3 Å². The quantitative estimate of drug-likeness (QED) is 0.311. The maximum absolute atomic E-state index is 13.4.